The van der Waals surface area contributed by atoms with Crippen molar-refractivity contribution in [2.24, 2.45) is 0 Å². The van der Waals surface area contributed by atoms with Gasteiger partial charge in [0.15, 0.2) is 0 Å². The zero-order valence-corrected chi connectivity index (χ0v) is 26.3. The topological polar surface area (TPSA) is 4.93 Å². The molecule has 4 heterocycles. The van der Waals surface area contributed by atoms with Crippen LogP contribution in [-0.4, -0.2) is 4.57 Å². The first kappa shape index (κ1) is 24.8. The zero-order chi connectivity index (χ0) is 29.5. The Labute approximate surface area is 258 Å². The molecule has 0 radical (unpaired) electrons. The lowest BCUT2D eigenvalue weighted by atomic mass is 9.68. The predicted molar refractivity (Wildman–Crippen MR) is 190 cm³/mol. The smallest absolute Gasteiger partial charge is 0.0582 e. The fourth-order valence-electron chi connectivity index (χ4n) is 8.66. The van der Waals surface area contributed by atoms with Gasteiger partial charge < -0.3 is 4.57 Å². The SMILES string of the molecule is CC1(C)c2cccc3c2-n2c4c1cccc4c1cc(-c4ccc5c(c4)c4ccccc4p5-c4ccccc4)cc(c12)C3(C)C. The summed E-state index contributed by atoms with van der Waals surface area (Å²) in [5.41, 5.74) is 12.3. The second-order valence-electron chi connectivity index (χ2n) is 13.8. The minimum absolute atomic E-state index is 0.0594. The van der Waals surface area contributed by atoms with Crippen LogP contribution >= 0.6 is 7.53 Å². The highest BCUT2D eigenvalue weighted by molar-refractivity contribution is 7.67. The van der Waals surface area contributed by atoms with Crippen molar-refractivity contribution >= 4 is 50.3 Å². The summed E-state index contributed by atoms with van der Waals surface area (Å²) >= 11 is 0. The van der Waals surface area contributed by atoms with Gasteiger partial charge in [-0.15, -0.1) is 0 Å². The van der Waals surface area contributed by atoms with Gasteiger partial charge in [0.05, 0.1) is 16.7 Å². The van der Waals surface area contributed by atoms with E-state index in [2.05, 4.69) is 154 Å². The molecule has 2 aliphatic rings. The Bertz CT molecular complexity index is 2540. The van der Waals surface area contributed by atoms with Gasteiger partial charge in [-0.2, -0.15) is 0 Å². The Hall–Kier alpha value is -4.58. The van der Waals surface area contributed by atoms with Crippen molar-refractivity contribution in [2.45, 2.75) is 38.5 Å². The number of aromatic nitrogens is 1. The normalized spacial score (nSPS) is 16.0. The maximum atomic E-state index is 2.62. The lowest BCUT2D eigenvalue weighted by Gasteiger charge is -2.42. The van der Waals surface area contributed by atoms with Gasteiger partial charge in [-0.1, -0.05) is 132 Å². The molecule has 0 saturated heterocycles. The van der Waals surface area contributed by atoms with E-state index >= 15 is 0 Å². The summed E-state index contributed by atoms with van der Waals surface area (Å²) in [5, 5.41) is 9.87. The summed E-state index contributed by atoms with van der Waals surface area (Å²) in [4.78, 5) is 0. The quantitative estimate of drug-likeness (QED) is 0.191. The Morgan fingerprint density at radius 1 is 0.455 bits per heavy atom. The fraction of sp³-hybridized carbons (Fsp3) is 0.143. The molecular formula is C42H32NP. The molecule has 8 aromatic rings. The Kier molecular flexibility index (Phi) is 4.58. The van der Waals surface area contributed by atoms with Gasteiger partial charge in [-0.3, -0.25) is 0 Å². The summed E-state index contributed by atoms with van der Waals surface area (Å²) in [6, 6.07) is 46.4. The van der Waals surface area contributed by atoms with Crippen molar-refractivity contribution in [2.75, 3.05) is 0 Å². The molecule has 2 heteroatoms. The van der Waals surface area contributed by atoms with Gasteiger partial charge in [0.1, 0.15) is 0 Å². The molecule has 0 amide bonds. The van der Waals surface area contributed by atoms with Gasteiger partial charge in [0, 0.05) is 31.8 Å². The number of para-hydroxylation sites is 2. The highest BCUT2D eigenvalue weighted by atomic mass is 31.1. The number of benzene rings is 6. The van der Waals surface area contributed by atoms with E-state index in [4.69, 9.17) is 0 Å². The minimum Gasteiger partial charge on any atom is -0.308 e. The number of hydrogen-bond acceptors (Lipinski definition) is 0. The molecule has 1 nitrogen and oxygen atoms in total. The fourth-order valence-corrected chi connectivity index (χ4v) is 11.3. The van der Waals surface area contributed by atoms with Crippen molar-refractivity contribution in [3.63, 3.8) is 0 Å². The maximum absolute atomic E-state index is 2.62. The highest BCUT2D eigenvalue weighted by Crippen LogP contribution is 2.57. The van der Waals surface area contributed by atoms with E-state index in [-0.39, 0.29) is 10.8 Å². The lowest BCUT2D eigenvalue weighted by Crippen LogP contribution is -2.33. The van der Waals surface area contributed by atoms with Crippen LogP contribution in [0.25, 0.3) is 64.9 Å². The lowest BCUT2D eigenvalue weighted by molar-refractivity contribution is 0.594. The van der Waals surface area contributed by atoms with E-state index in [1.807, 2.05) is 0 Å². The Morgan fingerprint density at radius 3 is 1.89 bits per heavy atom. The monoisotopic (exact) mass is 581 g/mol. The number of fused-ring (bicyclic) bond motifs is 4. The first-order valence-corrected chi connectivity index (χ1v) is 17.1. The maximum Gasteiger partial charge on any atom is 0.0582 e. The Balaban J connectivity index is 1.31. The first-order valence-electron chi connectivity index (χ1n) is 15.7. The molecule has 10 rings (SSSR count). The van der Waals surface area contributed by atoms with Crippen LogP contribution < -0.4 is 0 Å². The van der Waals surface area contributed by atoms with E-state index < -0.39 is 7.53 Å². The third-order valence-electron chi connectivity index (χ3n) is 10.9. The molecule has 1 atom stereocenters. The molecule has 0 bridgehead atoms. The predicted octanol–water partition coefficient (Wildman–Crippen LogP) is 12.0. The van der Waals surface area contributed by atoms with E-state index in [1.54, 1.807) is 0 Å². The molecule has 2 aliphatic heterocycles. The van der Waals surface area contributed by atoms with Gasteiger partial charge in [0.25, 0.3) is 0 Å². The molecule has 6 aromatic carbocycles. The van der Waals surface area contributed by atoms with Crippen LogP contribution in [-0.2, 0) is 10.8 Å². The van der Waals surface area contributed by atoms with Gasteiger partial charge in [0.2, 0.25) is 0 Å². The van der Waals surface area contributed by atoms with Crippen molar-refractivity contribution in [3.05, 3.63) is 144 Å². The molecule has 1 unspecified atom stereocenters. The Morgan fingerprint density at radius 2 is 1.07 bits per heavy atom. The zero-order valence-electron chi connectivity index (χ0n) is 25.4. The second kappa shape index (κ2) is 8.12. The summed E-state index contributed by atoms with van der Waals surface area (Å²) in [7, 11) is -0.557. The van der Waals surface area contributed by atoms with Crippen LogP contribution in [0.4, 0.5) is 0 Å². The third-order valence-corrected chi connectivity index (χ3v) is 13.4. The van der Waals surface area contributed by atoms with Crippen LogP contribution in [0.2, 0.25) is 0 Å². The molecule has 0 aliphatic carbocycles. The first-order chi connectivity index (χ1) is 21.4. The highest BCUT2D eigenvalue weighted by Gasteiger charge is 2.43. The largest absolute Gasteiger partial charge is 0.308 e. The summed E-state index contributed by atoms with van der Waals surface area (Å²) in [6.07, 6.45) is 0. The molecule has 210 valence electrons. The molecule has 0 saturated carbocycles. The van der Waals surface area contributed by atoms with Crippen LogP contribution in [0.3, 0.4) is 0 Å². The molecule has 2 aromatic heterocycles. The summed E-state index contributed by atoms with van der Waals surface area (Å²) < 4.78 is 2.62. The molecular weight excluding hydrogens is 549 g/mol. The third kappa shape index (κ3) is 2.87. The number of hydrogen-bond donors (Lipinski definition) is 0. The summed E-state index contributed by atoms with van der Waals surface area (Å²) in [6.45, 7) is 9.66. The average Bonchev–Trinajstić information content (AvgIpc) is 3.56. The molecule has 44 heavy (non-hydrogen) atoms. The van der Waals surface area contributed by atoms with Crippen molar-refractivity contribution in [1.29, 1.82) is 0 Å². The van der Waals surface area contributed by atoms with Crippen LogP contribution in [0.5, 0.6) is 0 Å². The van der Waals surface area contributed by atoms with Crippen LogP contribution in [0.15, 0.2) is 121 Å². The van der Waals surface area contributed by atoms with Gasteiger partial charge >= 0.3 is 0 Å². The average molecular weight is 582 g/mol. The molecule has 0 spiro atoms. The van der Waals surface area contributed by atoms with Crippen molar-refractivity contribution < 1.29 is 0 Å². The minimum atomic E-state index is -0.557. The van der Waals surface area contributed by atoms with E-state index in [0.717, 1.165) is 0 Å². The molecule has 0 N–H and O–H groups in total. The standard InChI is InChI=1S/C42H32NP/c1-41(2)32-16-10-15-29-31-23-26(24-35-39(31)43(38(29)32)40-33(41)17-11-18-34(40)42(35,3)4)25-20-21-37-30(22-25)28-14-8-9-19-36(28)44(37)27-12-6-5-7-13-27/h5-24H,1-4H3. The summed E-state index contributed by atoms with van der Waals surface area (Å²) in [5.74, 6) is 0. The van der Waals surface area contributed by atoms with Gasteiger partial charge in [-0.25, -0.2) is 0 Å². The van der Waals surface area contributed by atoms with Crippen LogP contribution in [0, 0.1) is 0 Å². The van der Waals surface area contributed by atoms with E-state index in [1.165, 1.54) is 87.2 Å². The van der Waals surface area contributed by atoms with Crippen molar-refractivity contribution in [3.8, 4) is 22.1 Å². The number of rotatable bonds is 2. The van der Waals surface area contributed by atoms with E-state index in [9.17, 15) is 0 Å². The number of nitrogens with zero attached hydrogens (tertiary/aromatic N) is 1. The van der Waals surface area contributed by atoms with Crippen LogP contribution in [0.1, 0.15) is 49.9 Å². The molecule has 0 fully saturated rings. The van der Waals surface area contributed by atoms with E-state index in [0.29, 0.717) is 0 Å². The van der Waals surface area contributed by atoms with Crippen molar-refractivity contribution in [1.82, 2.24) is 4.57 Å². The second-order valence-corrected chi connectivity index (χ2v) is 16.0. The van der Waals surface area contributed by atoms with Gasteiger partial charge in [-0.05, 0) is 73.7 Å².